The first kappa shape index (κ1) is 18.0. The predicted molar refractivity (Wildman–Crippen MR) is 95.1 cm³/mol. The standard InChI is InChI=1S/C18H18BrNO4/c1-12-4-3-5-16(13(12)2)20-17(21)10-24-18(22)11-23-15-8-6-14(19)7-9-15/h3-9H,10-11H2,1-2H3,(H,20,21). The summed E-state index contributed by atoms with van der Waals surface area (Å²) in [6.07, 6.45) is 0. The SMILES string of the molecule is Cc1cccc(NC(=O)COC(=O)COc2ccc(Br)cc2)c1C. The number of aryl methyl sites for hydroxylation is 1. The Morgan fingerprint density at radius 2 is 1.75 bits per heavy atom. The first-order valence-electron chi connectivity index (χ1n) is 7.36. The van der Waals surface area contributed by atoms with Crippen molar-refractivity contribution >= 4 is 33.5 Å². The molecule has 0 fully saturated rings. The molecular formula is C18H18BrNO4. The molecule has 24 heavy (non-hydrogen) atoms. The Hall–Kier alpha value is -2.34. The lowest BCUT2D eigenvalue weighted by molar-refractivity contribution is -0.149. The highest BCUT2D eigenvalue weighted by Gasteiger charge is 2.10. The molecule has 0 radical (unpaired) electrons. The topological polar surface area (TPSA) is 64.6 Å². The monoisotopic (exact) mass is 391 g/mol. The Balaban J connectivity index is 1.75. The third-order valence-electron chi connectivity index (χ3n) is 3.41. The Morgan fingerprint density at radius 3 is 2.46 bits per heavy atom. The van der Waals surface area contributed by atoms with Gasteiger partial charge in [-0.2, -0.15) is 0 Å². The summed E-state index contributed by atoms with van der Waals surface area (Å²) in [5.41, 5.74) is 2.77. The number of nitrogens with one attached hydrogen (secondary N) is 1. The minimum atomic E-state index is -0.603. The molecular weight excluding hydrogens is 374 g/mol. The largest absolute Gasteiger partial charge is 0.482 e. The van der Waals surface area contributed by atoms with Crippen molar-refractivity contribution in [1.82, 2.24) is 0 Å². The van der Waals surface area contributed by atoms with Gasteiger partial charge in [0.1, 0.15) is 5.75 Å². The number of anilines is 1. The molecule has 126 valence electrons. The quantitative estimate of drug-likeness (QED) is 0.763. The van der Waals surface area contributed by atoms with E-state index >= 15 is 0 Å². The Kier molecular flexibility index (Phi) is 6.37. The van der Waals surface area contributed by atoms with Gasteiger partial charge in [-0.15, -0.1) is 0 Å². The van der Waals surface area contributed by atoms with E-state index in [0.717, 1.165) is 15.6 Å². The number of esters is 1. The summed E-state index contributed by atoms with van der Waals surface area (Å²) < 4.78 is 11.1. The molecule has 2 aromatic rings. The normalized spacial score (nSPS) is 10.1. The van der Waals surface area contributed by atoms with E-state index in [9.17, 15) is 9.59 Å². The molecule has 0 unspecified atom stereocenters. The van der Waals surface area contributed by atoms with Gasteiger partial charge in [0.15, 0.2) is 13.2 Å². The van der Waals surface area contributed by atoms with Crippen LogP contribution < -0.4 is 10.1 Å². The molecule has 2 aromatic carbocycles. The molecule has 6 heteroatoms. The molecule has 0 saturated heterocycles. The van der Waals surface area contributed by atoms with E-state index in [2.05, 4.69) is 21.2 Å². The average molecular weight is 392 g/mol. The highest BCUT2D eigenvalue weighted by Crippen LogP contribution is 2.18. The van der Waals surface area contributed by atoms with E-state index < -0.39 is 5.97 Å². The first-order chi connectivity index (χ1) is 11.5. The number of amides is 1. The third-order valence-corrected chi connectivity index (χ3v) is 3.94. The number of carbonyl (C=O) groups is 2. The summed E-state index contributed by atoms with van der Waals surface area (Å²) in [7, 11) is 0. The zero-order chi connectivity index (χ0) is 17.5. The van der Waals surface area contributed by atoms with Crippen LogP contribution in [0.3, 0.4) is 0 Å². The number of ether oxygens (including phenoxy) is 2. The van der Waals surface area contributed by atoms with Gasteiger partial charge >= 0.3 is 5.97 Å². The van der Waals surface area contributed by atoms with E-state index in [1.165, 1.54) is 0 Å². The number of benzene rings is 2. The smallest absolute Gasteiger partial charge is 0.344 e. The molecule has 0 spiro atoms. The van der Waals surface area contributed by atoms with Gasteiger partial charge in [0, 0.05) is 10.2 Å². The number of rotatable bonds is 6. The van der Waals surface area contributed by atoms with Gasteiger partial charge in [0.25, 0.3) is 5.91 Å². The molecule has 1 N–H and O–H groups in total. The number of carbonyl (C=O) groups excluding carboxylic acids is 2. The Bertz CT molecular complexity index is 728. The minimum absolute atomic E-state index is 0.252. The van der Waals surface area contributed by atoms with Crippen LogP contribution in [0.1, 0.15) is 11.1 Å². The van der Waals surface area contributed by atoms with Gasteiger partial charge in [-0.1, -0.05) is 28.1 Å². The Labute approximate surface area is 149 Å². The van der Waals surface area contributed by atoms with Crippen molar-refractivity contribution in [3.63, 3.8) is 0 Å². The van der Waals surface area contributed by atoms with Gasteiger partial charge in [0.2, 0.25) is 0 Å². The highest BCUT2D eigenvalue weighted by atomic mass is 79.9. The fraction of sp³-hybridized carbons (Fsp3) is 0.222. The summed E-state index contributed by atoms with van der Waals surface area (Å²) in [4.78, 5) is 23.5. The van der Waals surface area contributed by atoms with Crippen molar-refractivity contribution in [2.24, 2.45) is 0 Å². The van der Waals surface area contributed by atoms with Crippen LogP contribution in [-0.4, -0.2) is 25.1 Å². The lowest BCUT2D eigenvalue weighted by atomic mass is 10.1. The predicted octanol–water partition coefficient (Wildman–Crippen LogP) is 3.63. The highest BCUT2D eigenvalue weighted by molar-refractivity contribution is 9.10. The maximum absolute atomic E-state index is 11.9. The fourth-order valence-electron chi connectivity index (χ4n) is 1.93. The zero-order valence-electron chi connectivity index (χ0n) is 13.5. The van der Waals surface area contributed by atoms with Crippen LogP contribution in [0.4, 0.5) is 5.69 Å². The van der Waals surface area contributed by atoms with Crippen LogP contribution >= 0.6 is 15.9 Å². The van der Waals surface area contributed by atoms with E-state index in [4.69, 9.17) is 9.47 Å². The van der Waals surface area contributed by atoms with Gasteiger partial charge in [-0.05, 0) is 55.3 Å². The first-order valence-corrected chi connectivity index (χ1v) is 8.15. The number of hydrogen-bond acceptors (Lipinski definition) is 4. The van der Waals surface area contributed by atoms with Crippen LogP contribution in [0.25, 0.3) is 0 Å². The zero-order valence-corrected chi connectivity index (χ0v) is 15.1. The molecule has 2 rings (SSSR count). The van der Waals surface area contributed by atoms with Crippen LogP contribution in [0.2, 0.25) is 0 Å². The van der Waals surface area contributed by atoms with E-state index in [0.29, 0.717) is 11.4 Å². The molecule has 0 bridgehead atoms. The molecule has 0 saturated carbocycles. The van der Waals surface area contributed by atoms with Crippen molar-refractivity contribution in [3.05, 3.63) is 58.1 Å². The third kappa shape index (κ3) is 5.38. The van der Waals surface area contributed by atoms with E-state index in [1.54, 1.807) is 30.3 Å². The second-order valence-corrected chi connectivity index (χ2v) is 6.11. The van der Waals surface area contributed by atoms with Gasteiger partial charge in [-0.3, -0.25) is 4.79 Å². The average Bonchev–Trinajstić information content (AvgIpc) is 2.56. The van der Waals surface area contributed by atoms with Crippen molar-refractivity contribution in [3.8, 4) is 5.75 Å². The van der Waals surface area contributed by atoms with Crippen LogP contribution in [0, 0.1) is 13.8 Å². The molecule has 0 aliphatic rings. The van der Waals surface area contributed by atoms with Crippen molar-refractivity contribution in [2.45, 2.75) is 13.8 Å². The molecule has 1 amide bonds. The summed E-state index contributed by atoms with van der Waals surface area (Å²) in [5, 5.41) is 2.72. The van der Waals surface area contributed by atoms with Gasteiger partial charge in [0.05, 0.1) is 0 Å². The molecule has 0 aliphatic heterocycles. The number of hydrogen-bond donors (Lipinski definition) is 1. The molecule has 0 aliphatic carbocycles. The van der Waals surface area contributed by atoms with Crippen LogP contribution in [-0.2, 0) is 14.3 Å². The van der Waals surface area contributed by atoms with Crippen LogP contribution in [0.15, 0.2) is 46.9 Å². The van der Waals surface area contributed by atoms with E-state index in [1.807, 2.05) is 26.0 Å². The maximum Gasteiger partial charge on any atom is 0.344 e. The fourth-order valence-corrected chi connectivity index (χ4v) is 2.20. The second-order valence-electron chi connectivity index (χ2n) is 5.20. The van der Waals surface area contributed by atoms with Crippen molar-refractivity contribution in [1.29, 1.82) is 0 Å². The number of halogens is 1. The lowest BCUT2D eigenvalue weighted by Crippen LogP contribution is -2.24. The van der Waals surface area contributed by atoms with Gasteiger partial charge < -0.3 is 14.8 Å². The summed E-state index contributed by atoms with van der Waals surface area (Å²) in [5.74, 6) is -0.440. The minimum Gasteiger partial charge on any atom is -0.482 e. The summed E-state index contributed by atoms with van der Waals surface area (Å²) in [6.45, 7) is 3.28. The molecule has 0 heterocycles. The maximum atomic E-state index is 11.9. The molecule has 0 aromatic heterocycles. The molecule has 5 nitrogen and oxygen atoms in total. The summed E-state index contributed by atoms with van der Waals surface area (Å²) in [6, 6.07) is 12.7. The van der Waals surface area contributed by atoms with E-state index in [-0.39, 0.29) is 19.1 Å². The van der Waals surface area contributed by atoms with Crippen molar-refractivity contribution < 1.29 is 19.1 Å². The van der Waals surface area contributed by atoms with Gasteiger partial charge in [-0.25, -0.2) is 4.79 Å². The lowest BCUT2D eigenvalue weighted by Gasteiger charge is -2.11. The van der Waals surface area contributed by atoms with Crippen LogP contribution in [0.5, 0.6) is 5.75 Å². The molecule has 0 atom stereocenters. The summed E-state index contributed by atoms with van der Waals surface area (Å²) >= 11 is 3.31. The second kappa shape index (κ2) is 8.49. The Morgan fingerprint density at radius 1 is 1.04 bits per heavy atom. The van der Waals surface area contributed by atoms with Crippen molar-refractivity contribution in [2.75, 3.05) is 18.5 Å².